The van der Waals surface area contributed by atoms with Gasteiger partial charge in [-0.1, -0.05) is 11.6 Å². The van der Waals surface area contributed by atoms with Crippen LogP contribution in [-0.4, -0.2) is 55.4 Å². The van der Waals surface area contributed by atoms with E-state index < -0.39 is 18.1 Å². The zero-order valence-electron chi connectivity index (χ0n) is 13.9. The van der Waals surface area contributed by atoms with E-state index >= 15 is 0 Å². The first-order valence-electron chi connectivity index (χ1n) is 7.50. The van der Waals surface area contributed by atoms with E-state index in [2.05, 4.69) is 5.32 Å². The minimum atomic E-state index is -4.90. The number of nitrogens with one attached hydrogen (secondary N) is 2. The Hall–Kier alpha value is -1.94. The second kappa shape index (κ2) is 8.17. The van der Waals surface area contributed by atoms with Crippen molar-refractivity contribution in [2.75, 3.05) is 32.6 Å². The van der Waals surface area contributed by atoms with Crippen LogP contribution in [0.2, 0.25) is 5.02 Å². The van der Waals surface area contributed by atoms with Crippen LogP contribution >= 0.6 is 23.8 Å². The molecule has 1 aliphatic rings. The number of likely N-dealkylation sites (tertiary alicyclic amines) is 1. The molecule has 1 amide bonds. The Kier molecular flexibility index (Phi) is 6.40. The molecule has 2 rings (SSSR count). The normalized spacial score (nSPS) is 17.0. The first-order chi connectivity index (χ1) is 12.2. The van der Waals surface area contributed by atoms with Crippen LogP contribution in [0, 0.1) is 0 Å². The number of ether oxygens (including phenoxy) is 2. The van der Waals surface area contributed by atoms with Gasteiger partial charge in [0.15, 0.2) is 5.11 Å². The average molecular weight is 412 g/mol. The molecule has 0 aliphatic carbocycles. The summed E-state index contributed by atoms with van der Waals surface area (Å²) < 4.78 is 47.4. The lowest BCUT2D eigenvalue weighted by Crippen LogP contribution is -2.45. The van der Waals surface area contributed by atoms with E-state index in [1.807, 2.05) is 5.32 Å². The molecule has 1 saturated heterocycles. The van der Waals surface area contributed by atoms with Crippen LogP contribution in [0.4, 0.5) is 18.9 Å². The van der Waals surface area contributed by atoms with Gasteiger partial charge in [-0.3, -0.25) is 4.79 Å². The molecule has 0 spiro atoms. The number of benzene rings is 1. The number of hydrogen-bond acceptors (Lipinski definition) is 4. The second-order valence-electron chi connectivity index (χ2n) is 5.52. The lowest BCUT2D eigenvalue weighted by atomic mass is 10.2. The molecule has 1 aromatic rings. The quantitative estimate of drug-likeness (QED) is 0.743. The number of thiocarbonyl (C=S) groups is 1. The molecule has 6 nitrogen and oxygen atoms in total. The molecule has 1 aliphatic heterocycles. The van der Waals surface area contributed by atoms with Crippen molar-refractivity contribution in [3.8, 4) is 11.5 Å². The fraction of sp³-hybridized carbons (Fsp3) is 0.467. The molecule has 0 saturated carbocycles. The van der Waals surface area contributed by atoms with Crippen molar-refractivity contribution in [3.63, 3.8) is 0 Å². The van der Waals surface area contributed by atoms with E-state index in [0.29, 0.717) is 35.2 Å². The van der Waals surface area contributed by atoms with Crippen molar-refractivity contribution in [1.82, 2.24) is 10.2 Å². The Morgan fingerprint density at radius 3 is 2.54 bits per heavy atom. The largest absolute Gasteiger partial charge is 0.495 e. The van der Waals surface area contributed by atoms with Gasteiger partial charge >= 0.3 is 12.1 Å². The van der Waals surface area contributed by atoms with Crippen molar-refractivity contribution in [2.45, 2.75) is 18.6 Å². The summed E-state index contributed by atoms with van der Waals surface area (Å²) in [6.45, 7) is 0.572. The highest BCUT2D eigenvalue weighted by Gasteiger charge is 2.40. The fourth-order valence-corrected chi connectivity index (χ4v) is 2.99. The van der Waals surface area contributed by atoms with E-state index in [-0.39, 0.29) is 11.7 Å². The SMILES string of the molecule is COc1cc(NC(=S)N2CCC(NC(=O)C(F)(F)F)C2)c(OC)cc1Cl. The van der Waals surface area contributed by atoms with Gasteiger partial charge in [-0.2, -0.15) is 13.2 Å². The maximum atomic E-state index is 12.3. The van der Waals surface area contributed by atoms with Gasteiger partial charge in [-0.05, 0) is 18.6 Å². The van der Waals surface area contributed by atoms with Crippen LogP contribution in [0.15, 0.2) is 12.1 Å². The molecule has 0 aromatic heterocycles. The highest BCUT2D eigenvalue weighted by Crippen LogP contribution is 2.36. The van der Waals surface area contributed by atoms with E-state index in [1.54, 1.807) is 17.0 Å². The fourth-order valence-electron chi connectivity index (χ4n) is 2.48. The van der Waals surface area contributed by atoms with Crippen LogP contribution in [0.3, 0.4) is 0 Å². The van der Waals surface area contributed by atoms with Crippen molar-refractivity contribution in [3.05, 3.63) is 17.2 Å². The molecule has 11 heteroatoms. The molecule has 1 atom stereocenters. The highest BCUT2D eigenvalue weighted by molar-refractivity contribution is 7.80. The molecule has 1 fully saturated rings. The zero-order valence-corrected chi connectivity index (χ0v) is 15.5. The Labute approximate surface area is 158 Å². The summed E-state index contributed by atoms with van der Waals surface area (Å²) in [6, 6.07) is 2.53. The highest BCUT2D eigenvalue weighted by atomic mass is 35.5. The van der Waals surface area contributed by atoms with Gasteiger partial charge in [-0.25, -0.2) is 0 Å². The van der Waals surface area contributed by atoms with Gasteiger partial charge < -0.3 is 25.0 Å². The number of hydrogen-bond donors (Lipinski definition) is 2. The predicted octanol–water partition coefficient (Wildman–Crippen LogP) is 2.81. The molecule has 2 N–H and O–H groups in total. The summed E-state index contributed by atoms with van der Waals surface area (Å²) in [5.74, 6) is -1.11. The number of nitrogens with zero attached hydrogens (tertiary/aromatic N) is 1. The number of alkyl halides is 3. The maximum Gasteiger partial charge on any atom is 0.471 e. The standard InChI is InChI=1S/C15H17ClF3N3O3S/c1-24-11-6-10(12(25-2)5-9(11)16)21-14(26)22-4-3-8(7-22)20-13(23)15(17,18)19/h5-6,8H,3-4,7H2,1-2H3,(H,20,23)(H,21,26). The van der Waals surface area contributed by atoms with Gasteiger partial charge in [0.2, 0.25) is 0 Å². The summed E-state index contributed by atoms with van der Waals surface area (Å²) in [7, 11) is 2.93. The smallest absolute Gasteiger partial charge is 0.471 e. The van der Waals surface area contributed by atoms with Crippen molar-refractivity contribution in [2.24, 2.45) is 0 Å². The minimum Gasteiger partial charge on any atom is -0.495 e. The van der Waals surface area contributed by atoms with Crippen molar-refractivity contribution in [1.29, 1.82) is 0 Å². The van der Waals surface area contributed by atoms with Crippen LogP contribution in [0.5, 0.6) is 11.5 Å². The third-order valence-electron chi connectivity index (χ3n) is 3.78. The van der Waals surface area contributed by atoms with Crippen LogP contribution < -0.4 is 20.1 Å². The average Bonchev–Trinajstić information content (AvgIpc) is 3.03. The van der Waals surface area contributed by atoms with Crippen LogP contribution in [0.1, 0.15) is 6.42 Å². The summed E-state index contributed by atoms with van der Waals surface area (Å²) in [6.07, 6.45) is -4.55. The van der Waals surface area contributed by atoms with Gasteiger partial charge in [0.05, 0.1) is 24.9 Å². The Balaban J connectivity index is 2.02. The van der Waals surface area contributed by atoms with Gasteiger partial charge in [0.1, 0.15) is 11.5 Å². The molecule has 0 bridgehead atoms. The monoisotopic (exact) mass is 411 g/mol. The Morgan fingerprint density at radius 2 is 1.96 bits per heavy atom. The number of methoxy groups -OCH3 is 2. The lowest BCUT2D eigenvalue weighted by molar-refractivity contribution is -0.174. The molecule has 26 heavy (non-hydrogen) atoms. The maximum absolute atomic E-state index is 12.3. The van der Waals surface area contributed by atoms with E-state index in [1.165, 1.54) is 14.2 Å². The van der Waals surface area contributed by atoms with Crippen molar-refractivity contribution < 1.29 is 27.4 Å². The second-order valence-corrected chi connectivity index (χ2v) is 6.31. The third-order valence-corrected chi connectivity index (χ3v) is 4.44. The van der Waals surface area contributed by atoms with Gasteiger partial charge in [0.25, 0.3) is 0 Å². The van der Waals surface area contributed by atoms with Gasteiger partial charge in [-0.15, -0.1) is 0 Å². The molecule has 0 radical (unpaired) electrons. The number of rotatable bonds is 4. The zero-order chi connectivity index (χ0) is 19.5. The molecule has 1 heterocycles. The number of amides is 1. The molecule has 1 aromatic carbocycles. The summed E-state index contributed by atoms with van der Waals surface area (Å²) in [5, 5.41) is 5.58. The van der Waals surface area contributed by atoms with E-state index in [9.17, 15) is 18.0 Å². The summed E-state index contributed by atoms with van der Waals surface area (Å²) in [4.78, 5) is 12.7. The van der Waals surface area contributed by atoms with Crippen LogP contribution in [0.25, 0.3) is 0 Å². The number of carbonyl (C=O) groups excluding carboxylic acids is 1. The Bertz CT molecular complexity index is 703. The molecule has 144 valence electrons. The summed E-state index contributed by atoms with van der Waals surface area (Å²) >= 11 is 11.3. The molecular weight excluding hydrogens is 395 g/mol. The van der Waals surface area contributed by atoms with E-state index in [0.717, 1.165) is 0 Å². The minimum absolute atomic E-state index is 0.167. The molecule has 1 unspecified atom stereocenters. The van der Waals surface area contributed by atoms with E-state index in [4.69, 9.17) is 33.3 Å². The first-order valence-corrected chi connectivity index (χ1v) is 8.29. The topological polar surface area (TPSA) is 62.8 Å². The first kappa shape index (κ1) is 20.4. The van der Waals surface area contributed by atoms with Gasteiger partial charge in [0, 0.05) is 31.3 Å². The number of carbonyl (C=O) groups is 1. The number of halogens is 4. The molecular formula is C15H17ClF3N3O3S. The third kappa shape index (κ3) is 4.82. The number of anilines is 1. The Morgan fingerprint density at radius 1 is 1.31 bits per heavy atom. The predicted molar refractivity (Wildman–Crippen MR) is 95.0 cm³/mol. The van der Waals surface area contributed by atoms with Crippen molar-refractivity contribution >= 4 is 40.5 Å². The van der Waals surface area contributed by atoms with Crippen LogP contribution in [-0.2, 0) is 4.79 Å². The summed E-state index contributed by atoms with van der Waals surface area (Å²) in [5.41, 5.74) is 0.501. The lowest BCUT2D eigenvalue weighted by Gasteiger charge is -2.22.